The molecule has 0 aliphatic rings. The molecule has 6 heteroatoms. The number of nitriles is 1. The van der Waals surface area contributed by atoms with E-state index in [2.05, 4.69) is 0 Å². The van der Waals surface area contributed by atoms with E-state index in [1.165, 1.54) is 36.4 Å². The van der Waals surface area contributed by atoms with E-state index >= 15 is 0 Å². The fourth-order valence-corrected chi connectivity index (χ4v) is 2.37. The quantitative estimate of drug-likeness (QED) is 0.808. The van der Waals surface area contributed by atoms with Crippen LogP contribution in [0.25, 0.3) is 0 Å². The van der Waals surface area contributed by atoms with Crippen LogP contribution in [0, 0.1) is 17.1 Å². The van der Waals surface area contributed by atoms with Gasteiger partial charge in [0, 0.05) is 0 Å². The largest absolute Gasteiger partial charge is 0.379 e. The highest BCUT2D eigenvalue weighted by atomic mass is 32.2. The van der Waals surface area contributed by atoms with Gasteiger partial charge in [-0.2, -0.15) is 13.7 Å². The van der Waals surface area contributed by atoms with Crippen LogP contribution in [0.1, 0.15) is 5.56 Å². The molecule has 2 aromatic carbocycles. The monoisotopic (exact) mass is 277 g/mol. The molecule has 4 nitrogen and oxygen atoms in total. The highest BCUT2D eigenvalue weighted by molar-refractivity contribution is 7.87. The minimum absolute atomic E-state index is 0.00307. The van der Waals surface area contributed by atoms with E-state index in [0.29, 0.717) is 0 Å². The molecule has 0 saturated heterocycles. The van der Waals surface area contributed by atoms with Gasteiger partial charge in [0.2, 0.25) is 0 Å². The first kappa shape index (κ1) is 13.1. The molecule has 0 atom stereocenters. The van der Waals surface area contributed by atoms with Gasteiger partial charge in [-0.3, -0.25) is 0 Å². The van der Waals surface area contributed by atoms with Crippen LogP contribution >= 0.6 is 0 Å². The molecule has 0 unspecified atom stereocenters. The van der Waals surface area contributed by atoms with Crippen LogP contribution in [-0.4, -0.2) is 8.42 Å². The second-order valence-corrected chi connectivity index (χ2v) is 5.18. The maximum Gasteiger partial charge on any atom is 0.339 e. The Balaban J connectivity index is 2.34. The second-order valence-electron chi connectivity index (χ2n) is 3.63. The van der Waals surface area contributed by atoms with E-state index < -0.39 is 15.9 Å². The molecule has 0 aliphatic heterocycles. The summed E-state index contributed by atoms with van der Waals surface area (Å²) in [6.07, 6.45) is 0. The van der Waals surface area contributed by atoms with Gasteiger partial charge in [-0.25, -0.2) is 4.39 Å². The summed E-state index contributed by atoms with van der Waals surface area (Å²) in [6, 6.07) is 12.1. The number of rotatable bonds is 3. The molecule has 0 N–H and O–H groups in total. The SMILES string of the molecule is N#Cc1cccc(OS(=O)(=O)c2cccc(F)c2)c1. The molecular formula is C13H8FNO3S. The Morgan fingerprint density at radius 2 is 1.84 bits per heavy atom. The second kappa shape index (κ2) is 5.08. The van der Waals surface area contributed by atoms with Crippen molar-refractivity contribution in [3.63, 3.8) is 0 Å². The average Bonchev–Trinajstić information content (AvgIpc) is 2.38. The molecular weight excluding hydrogens is 269 g/mol. The summed E-state index contributed by atoms with van der Waals surface area (Å²) in [5.74, 6) is -0.668. The van der Waals surface area contributed by atoms with Crippen LogP contribution in [0.5, 0.6) is 5.75 Å². The van der Waals surface area contributed by atoms with Gasteiger partial charge in [0.15, 0.2) is 0 Å². The molecule has 0 aromatic heterocycles. The topological polar surface area (TPSA) is 67.2 Å². The standard InChI is InChI=1S/C13H8FNO3S/c14-11-4-2-6-13(8-11)19(16,17)18-12-5-1-3-10(7-12)9-15/h1-8H. The lowest BCUT2D eigenvalue weighted by Gasteiger charge is -2.07. The summed E-state index contributed by atoms with van der Waals surface area (Å²) >= 11 is 0. The normalized spacial score (nSPS) is 10.7. The van der Waals surface area contributed by atoms with Gasteiger partial charge in [-0.1, -0.05) is 12.1 Å². The van der Waals surface area contributed by atoms with Gasteiger partial charge in [-0.15, -0.1) is 0 Å². The Bertz CT molecular complexity index is 750. The van der Waals surface area contributed by atoms with Gasteiger partial charge < -0.3 is 4.18 Å². The molecule has 0 fully saturated rings. The molecule has 0 saturated carbocycles. The maximum absolute atomic E-state index is 13.0. The first-order chi connectivity index (χ1) is 9.01. The predicted octanol–water partition coefficient (Wildman–Crippen LogP) is 2.47. The fraction of sp³-hybridized carbons (Fsp3) is 0. The molecule has 2 aromatic rings. The molecule has 0 amide bonds. The first-order valence-corrected chi connectivity index (χ1v) is 6.62. The van der Waals surface area contributed by atoms with Crippen molar-refractivity contribution in [1.82, 2.24) is 0 Å². The third-order valence-corrected chi connectivity index (χ3v) is 3.50. The summed E-state index contributed by atoms with van der Waals surface area (Å²) in [5, 5.41) is 8.71. The zero-order valence-corrected chi connectivity index (χ0v) is 10.4. The molecule has 0 spiro atoms. The molecule has 2 rings (SSSR count). The van der Waals surface area contributed by atoms with Gasteiger partial charge in [0.05, 0.1) is 11.6 Å². The first-order valence-electron chi connectivity index (χ1n) is 5.21. The smallest absolute Gasteiger partial charge is 0.339 e. The molecule has 19 heavy (non-hydrogen) atoms. The zero-order valence-electron chi connectivity index (χ0n) is 9.58. The van der Waals surface area contributed by atoms with Crippen molar-refractivity contribution in [2.45, 2.75) is 4.90 Å². The Morgan fingerprint density at radius 1 is 1.11 bits per heavy atom. The Labute approximate surface area is 109 Å². The average molecular weight is 277 g/mol. The van der Waals surface area contributed by atoms with Crippen LogP contribution < -0.4 is 4.18 Å². The summed E-state index contributed by atoms with van der Waals surface area (Å²) in [4.78, 5) is -0.283. The van der Waals surface area contributed by atoms with Crippen molar-refractivity contribution >= 4 is 10.1 Å². The van der Waals surface area contributed by atoms with Gasteiger partial charge in [0.25, 0.3) is 0 Å². The van der Waals surface area contributed by atoms with Crippen LogP contribution in [0.2, 0.25) is 0 Å². The van der Waals surface area contributed by atoms with E-state index in [1.807, 2.05) is 6.07 Å². The van der Waals surface area contributed by atoms with Crippen LogP contribution in [0.15, 0.2) is 53.4 Å². The van der Waals surface area contributed by atoms with Crippen LogP contribution in [-0.2, 0) is 10.1 Å². The third-order valence-electron chi connectivity index (χ3n) is 2.25. The Kier molecular flexibility index (Phi) is 3.49. The van der Waals surface area contributed by atoms with E-state index in [1.54, 1.807) is 0 Å². The molecule has 0 heterocycles. The lowest BCUT2D eigenvalue weighted by Crippen LogP contribution is -2.10. The van der Waals surface area contributed by atoms with Crippen molar-refractivity contribution in [3.8, 4) is 11.8 Å². The minimum atomic E-state index is -4.11. The molecule has 0 radical (unpaired) electrons. The van der Waals surface area contributed by atoms with Crippen LogP contribution in [0.3, 0.4) is 0 Å². The van der Waals surface area contributed by atoms with Crippen molar-refractivity contribution in [1.29, 1.82) is 5.26 Å². The Morgan fingerprint density at radius 3 is 2.53 bits per heavy atom. The summed E-state index contributed by atoms with van der Waals surface area (Å²) in [5.41, 5.74) is 0.270. The van der Waals surface area contributed by atoms with Gasteiger partial charge in [-0.05, 0) is 36.4 Å². The highest BCUT2D eigenvalue weighted by Gasteiger charge is 2.17. The lowest BCUT2D eigenvalue weighted by atomic mass is 10.2. The number of benzene rings is 2. The van der Waals surface area contributed by atoms with Gasteiger partial charge >= 0.3 is 10.1 Å². The molecule has 96 valence electrons. The van der Waals surface area contributed by atoms with E-state index in [4.69, 9.17) is 9.44 Å². The van der Waals surface area contributed by atoms with Crippen LogP contribution in [0.4, 0.5) is 4.39 Å². The van der Waals surface area contributed by atoms with Crippen molar-refractivity contribution in [2.75, 3.05) is 0 Å². The highest BCUT2D eigenvalue weighted by Crippen LogP contribution is 2.20. The zero-order chi connectivity index (χ0) is 13.9. The predicted molar refractivity (Wildman–Crippen MR) is 65.4 cm³/mol. The summed E-state index contributed by atoms with van der Waals surface area (Å²) in [7, 11) is -4.11. The number of hydrogen-bond donors (Lipinski definition) is 0. The molecule has 0 aliphatic carbocycles. The van der Waals surface area contributed by atoms with Crippen molar-refractivity contribution < 1.29 is 17.0 Å². The van der Waals surface area contributed by atoms with Crippen molar-refractivity contribution in [3.05, 3.63) is 59.9 Å². The lowest BCUT2D eigenvalue weighted by molar-refractivity contribution is 0.484. The maximum atomic E-state index is 13.0. The fourth-order valence-electron chi connectivity index (χ4n) is 1.41. The van der Waals surface area contributed by atoms with Crippen molar-refractivity contribution in [2.24, 2.45) is 0 Å². The van der Waals surface area contributed by atoms with E-state index in [-0.39, 0.29) is 16.2 Å². The summed E-state index contributed by atoms with van der Waals surface area (Å²) < 4.78 is 41.6. The van der Waals surface area contributed by atoms with E-state index in [9.17, 15) is 12.8 Å². The molecule has 0 bridgehead atoms. The number of nitrogens with zero attached hydrogens (tertiary/aromatic N) is 1. The number of hydrogen-bond acceptors (Lipinski definition) is 4. The van der Waals surface area contributed by atoms with Gasteiger partial charge in [0.1, 0.15) is 16.5 Å². The van der Waals surface area contributed by atoms with E-state index in [0.717, 1.165) is 12.1 Å². The number of halogens is 1. The summed E-state index contributed by atoms with van der Waals surface area (Å²) in [6.45, 7) is 0. The third kappa shape index (κ3) is 3.09. The Hall–Kier alpha value is -2.39. The minimum Gasteiger partial charge on any atom is -0.379 e.